The molecule has 3 aromatic heterocycles. The normalized spacial score (nSPS) is 16.6. The minimum absolute atomic E-state index is 0.503. The van der Waals surface area contributed by atoms with Crippen molar-refractivity contribution in [2.75, 3.05) is 20.1 Å². The number of piperidine rings is 1. The Labute approximate surface area is 157 Å². The highest BCUT2D eigenvalue weighted by Gasteiger charge is 2.24. The first-order valence-electron chi connectivity index (χ1n) is 9.40. The quantitative estimate of drug-likeness (QED) is 0.549. The van der Waals surface area contributed by atoms with Crippen LogP contribution in [0.25, 0.3) is 33.3 Å². The predicted molar refractivity (Wildman–Crippen MR) is 105 cm³/mol. The Morgan fingerprint density at radius 1 is 0.963 bits per heavy atom. The van der Waals surface area contributed by atoms with E-state index in [4.69, 9.17) is 9.97 Å². The molecule has 7 nitrogen and oxygen atoms in total. The summed E-state index contributed by atoms with van der Waals surface area (Å²) in [7, 11) is 6.21. The molecule has 0 unspecified atom stereocenters. The third-order valence-electron chi connectivity index (χ3n) is 5.68. The highest BCUT2D eigenvalue weighted by Crippen LogP contribution is 2.31. The molecule has 1 fully saturated rings. The smallest absolute Gasteiger partial charge is 0.117 e. The van der Waals surface area contributed by atoms with Crippen LogP contribution in [0.15, 0.2) is 30.7 Å². The number of hydrogen-bond acceptors (Lipinski definition) is 5. The van der Waals surface area contributed by atoms with Gasteiger partial charge in [0.2, 0.25) is 0 Å². The molecule has 4 aromatic rings. The van der Waals surface area contributed by atoms with E-state index in [1.54, 1.807) is 4.68 Å². The van der Waals surface area contributed by atoms with Crippen molar-refractivity contribution in [3.8, 4) is 11.3 Å². The molecule has 27 heavy (non-hydrogen) atoms. The van der Waals surface area contributed by atoms with Crippen LogP contribution < -0.4 is 0 Å². The van der Waals surface area contributed by atoms with Crippen molar-refractivity contribution in [2.45, 2.75) is 18.8 Å². The first-order valence-corrected chi connectivity index (χ1v) is 9.40. The molecule has 1 saturated heterocycles. The van der Waals surface area contributed by atoms with Crippen molar-refractivity contribution in [1.82, 2.24) is 34.2 Å². The zero-order valence-corrected chi connectivity index (χ0v) is 15.9. The Kier molecular flexibility index (Phi) is 3.72. The van der Waals surface area contributed by atoms with Crippen LogP contribution >= 0.6 is 0 Å². The lowest BCUT2D eigenvalue weighted by molar-refractivity contribution is 0.250. The van der Waals surface area contributed by atoms with Crippen molar-refractivity contribution in [1.29, 1.82) is 0 Å². The van der Waals surface area contributed by atoms with Gasteiger partial charge in [-0.15, -0.1) is 0 Å². The van der Waals surface area contributed by atoms with Gasteiger partial charge in [-0.25, -0.2) is 9.97 Å². The van der Waals surface area contributed by atoms with Gasteiger partial charge < -0.3 is 9.47 Å². The van der Waals surface area contributed by atoms with Crippen molar-refractivity contribution in [3.05, 3.63) is 36.5 Å². The fourth-order valence-corrected chi connectivity index (χ4v) is 4.07. The summed E-state index contributed by atoms with van der Waals surface area (Å²) in [6, 6.07) is 4.15. The zero-order valence-electron chi connectivity index (χ0n) is 15.9. The van der Waals surface area contributed by atoms with E-state index >= 15 is 0 Å². The molecule has 0 spiro atoms. The molecule has 0 N–H and O–H groups in total. The molecule has 4 heterocycles. The van der Waals surface area contributed by atoms with Crippen molar-refractivity contribution in [2.24, 2.45) is 14.1 Å². The summed E-state index contributed by atoms with van der Waals surface area (Å²) >= 11 is 0. The van der Waals surface area contributed by atoms with Crippen LogP contribution in [0.4, 0.5) is 0 Å². The minimum atomic E-state index is 0.503. The summed E-state index contributed by atoms with van der Waals surface area (Å²) in [5.41, 5.74) is 5.60. The number of aromatic nitrogens is 6. The maximum Gasteiger partial charge on any atom is 0.117 e. The van der Waals surface area contributed by atoms with E-state index in [1.165, 1.54) is 5.82 Å². The molecule has 0 atom stereocenters. The van der Waals surface area contributed by atoms with Crippen LogP contribution in [-0.4, -0.2) is 54.3 Å². The standard InChI is InChI=1S/C20H23N7/c1-25-8-6-13(7-9-25)20-24-19-17(27(20)3)5-4-15-18(19)23-16(11-21-15)14-10-22-26(2)12-14/h4-5,10-13H,6-9H2,1-3H3. The van der Waals surface area contributed by atoms with Crippen LogP contribution in [0.3, 0.4) is 0 Å². The SMILES string of the molecule is CN1CCC(c2nc3c4nc(-c5cnn(C)c5)cnc4ccc3n2C)CC1. The average molecular weight is 361 g/mol. The Balaban J connectivity index is 1.66. The summed E-state index contributed by atoms with van der Waals surface area (Å²) in [6.45, 7) is 2.25. The van der Waals surface area contributed by atoms with Crippen LogP contribution in [0.1, 0.15) is 24.6 Å². The van der Waals surface area contributed by atoms with E-state index in [2.05, 4.69) is 39.7 Å². The van der Waals surface area contributed by atoms with Gasteiger partial charge in [-0.3, -0.25) is 9.67 Å². The summed E-state index contributed by atoms with van der Waals surface area (Å²) in [4.78, 5) is 17.0. The van der Waals surface area contributed by atoms with Gasteiger partial charge in [-0.2, -0.15) is 5.10 Å². The molecule has 1 aliphatic rings. The maximum atomic E-state index is 5.05. The van der Waals surface area contributed by atoms with Gasteiger partial charge in [-0.05, 0) is 45.1 Å². The molecular formula is C20H23N7. The molecule has 0 bridgehead atoms. The lowest BCUT2D eigenvalue weighted by Crippen LogP contribution is -2.30. The highest BCUT2D eigenvalue weighted by atomic mass is 15.2. The fourth-order valence-electron chi connectivity index (χ4n) is 4.07. The summed E-state index contributed by atoms with van der Waals surface area (Å²) in [5, 5.41) is 4.25. The first-order chi connectivity index (χ1) is 13.1. The average Bonchev–Trinajstić information content (AvgIpc) is 3.26. The predicted octanol–water partition coefficient (Wildman–Crippen LogP) is 2.73. The number of nitrogens with zero attached hydrogens (tertiary/aromatic N) is 7. The lowest BCUT2D eigenvalue weighted by atomic mass is 9.96. The maximum absolute atomic E-state index is 5.05. The topological polar surface area (TPSA) is 64.7 Å². The van der Waals surface area contributed by atoms with Gasteiger partial charge in [0.05, 0.1) is 29.1 Å². The third kappa shape index (κ3) is 2.70. The molecule has 7 heteroatoms. The third-order valence-corrected chi connectivity index (χ3v) is 5.68. The lowest BCUT2D eigenvalue weighted by Gasteiger charge is -2.28. The van der Waals surface area contributed by atoms with Crippen molar-refractivity contribution < 1.29 is 0 Å². The van der Waals surface area contributed by atoms with Crippen LogP contribution in [0.2, 0.25) is 0 Å². The second-order valence-electron chi connectivity index (χ2n) is 7.57. The molecule has 0 aliphatic carbocycles. The van der Waals surface area contributed by atoms with Gasteiger partial charge >= 0.3 is 0 Å². The minimum Gasteiger partial charge on any atom is -0.331 e. The molecule has 0 saturated carbocycles. The van der Waals surface area contributed by atoms with E-state index in [1.807, 2.05) is 31.7 Å². The largest absolute Gasteiger partial charge is 0.331 e. The molecule has 0 radical (unpaired) electrons. The second kappa shape index (κ2) is 6.13. The fraction of sp³-hybridized carbons (Fsp3) is 0.400. The summed E-state index contributed by atoms with van der Waals surface area (Å²) in [6.07, 6.45) is 7.89. The Hall–Kier alpha value is -2.80. The van der Waals surface area contributed by atoms with Gasteiger partial charge in [0.25, 0.3) is 0 Å². The molecule has 0 amide bonds. The Morgan fingerprint density at radius 3 is 2.52 bits per heavy atom. The molecule has 5 rings (SSSR count). The van der Waals surface area contributed by atoms with E-state index in [0.29, 0.717) is 5.92 Å². The number of benzene rings is 1. The first kappa shape index (κ1) is 16.4. The molecule has 1 aromatic carbocycles. The van der Waals surface area contributed by atoms with E-state index < -0.39 is 0 Å². The summed E-state index contributed by atoms with van der Waals surface area (Å²) in [5.74, 6) is 1.67. The highest BCUT2D eigenvalue weighted by molar-refractivity contribution is 6.00. The van der Waals surface area contributed by atoms with Crippen molar-refractivity contribution >= 4 is 22.1 Å². The number of likely N-dealkylation sites (tertiary alicyclic amines) is 1. The van der Waals surface area contributed by atoms with Crippen LogP contribution in [0, 0.1) is 0 Å². The number of fused-ring (bicyclic) bond motifs is 3. The van der Waals surface area contributed by atoms with Crippen molar-refractivity contribution in [3.63, 3.8) is 0 Å². The number of aryl methyl sites for hydroxylation is 2. The number of rotatable bonds is 2. The van der Waals surface area contributed by atoms with E-state index in [-0.39, 0.29) is 0 Å². The Morgan fingerprint density at radius 2 is 1.78 bits per heavy atom. The van der Waals surface area contributed by atoms with Gasteiger partial charge in [0.15, 0.2) is 0 Å². The van der Waals surface area contributed by atoms with Crippen LogP contribution in [-0.2, 0) is 14.1 Å². The van der Waals surface area contributed by atoms with Gasteiger partial charge in [-0.1, -0.05) is 0 Å². The number of hydrogen-bond donors (Lipinski definition) is 0. The van der Waals surface area contributed by atoms with E-state index in [9.17, 15) is 0 Å². The second-order valence-corrected chi connectivity index (χ2v) is 7.57. The zero-order chi connectivity index (χ0) is 18.5. The monoisotopic (exact) mass is 361 g/mol. The Bertz CT molecular complexity index is 1130. The summed E-state index contributed by atoms with van der Waals surface area (Å²) < 4.78 is 4.02. The van der Waals surface area contributed by atoms with Gasteiger partial charge in [0.1, 0.15) is 16.9 Å². The number of imidazole rings is 1. The molecule has 138 valence electrons. The molecule has 1 aliphatic heterocycles. The van der Waals surface area contributed by atoms with E-state index in [0.717, 1.165) is 59.3 Å². The van der Waals surface area contributed by atoms with Crippen LogP contribution in [0.5, 0.6) is 0 Å². The molecular weight excluding hydrogens is 338 g/mol. The van der Waals surface area contributed by atoms with Gasteiger partial charge in [0, 0.05) is 31.8 Å².